The van der Waals surface area contributed by atoms with E-state index in [0.29, 0.717) is 22.8 Å². The van der Waals surface area contributed by atoms with Gasteiger partial charge in [0.1, 0.15) is 16.9 Å². The summed E-state index contributed by atoms with van der Waals surface area (Å²) in [6.07, 6.45) is 1.47. The van der Waals surface area contributed by atoms with E-state index < -0.39 is 80.3 Å². The molecule has 16 nitrogen and oxygen atoms in total. The molecule has 2 aliphatic rings. The van der Waals surface area contributed by atoms with Crippen LogP contribution in [0.5, 0.6) is 5.75 Å². The predicted molar refractivity (Wildman–Crippen MR) is 192 cm³/mol. The van der Waals surface area contributed by atoms with Crippen LogP contribution in [0, 0.1) is 23.2 Å². The van der Waals surface area contributed by atoms with Gasteiger partial charge in [-0.25, -0.2) is 9.52 Å². The molecule has 2 aliphatic carbocycles. The number of tetrazole rings is 1. The Morgan fingerprint density at radius 2 is 1.79 bits per heavy atom. The normalized spacial score (nSPS) is 23.8. The maximum absolute atomic E-state index is 14.5. The number of amides is 3. The van der Waals surface area contributed by atoms with E-state index >= 15 is 0 Å². The number of hydrogen-bond donors (Lipinski definition) is 3. The molecule has 52 heavy (non-hydrogen) atoms. The van der Waals surface area contributed by atoms with Gasteiger partial charge in [-0.3, -0.25) is 14.4 Å². The summed E-state index contributed by atoms with van der Waals surface area (Å²) in [5.74, 6) is -3.64. The summed E-state index contributed by atoms with van der Waals surface area (Å²) in [5.41, 5.74) is -2.62. The molecule has 286 valence electrons. The van der Waals surface area contributed by atoms with Crippen LogP contribution in [-0.4, -0.2) is 95.0 Å². The Morgan fingerprint density at radius 1 is 1.13 bits per heavy atom. The summed E-state index contributed by atoms with van der Waals surface area (Å²) in [4.78, 5) is 56.7. The van der Waals surface area contributed by atoms with Crippen LogP contribution in [-0.2, 0) is 29.3 Å². The molecule has 1 aromatic heterocycles. The van der Waals surface area contributed by atoms with Gasteiger partial charge >= 0.3 is 16.3 Å². The van der Waals surface area contributed by atoms with E-state index in [1.807, 2.05) is 0 Å². The fraction of sp³-hybridized carbons (Fsp3) is 0.618. The molecule has 2 aromatic rings. The van der Waals surface area contributed by atoms with Crippen molar-refractivity contribution in [2.75, 3.05) is 21.2 Å². The number of nitrogens with one attached hydrogen (secondary N) is 3. The van der Waals surface area contributed by atoms with Crippen LogP contribution in [0.25, 0.3) is 11.4 Å². The first kappa shape index (κ1) is 40.7. The highest BCUT2D eigenvalue weighted by atomic mass is 35.5. The predicted octanol–water partition coefficient (Wildman–Crippen LogP) is 3.45. The fourth-order valence-electron chi connectivity index (χ4n) is 6.37. The van der Waals surface area contributed by atoms with Gasteiger partial charge in [0.05, 0.1) is 24.2 Å². The first-order chi connectivity index (χ1) is 24.0. The third-order valence-corrected chi connectivity index (χ3v) is 10.9. The number of hydrogen-bond acceptors (Lipinski definition) is 11. The fourth-order valence-corrected chi connectivity index (χ4v) is 7.23. The third kappa shape index (κ3) is 9.09. The molecule has 1 heterocycles. The number of aromatic nitrogens is 4. The molecule has 0 aliphatic heterocycles. The number of ketones is 1. The number of ether oxygens (including phenoxy) is 2. The highest BCUT2D eigenvalue weighted by Gasteiger charge is 2.62. The Labute approximate surface area is 309 Å². The lowest BCUT2D eigenvalue weighted by Crippen LogP contribution is -2.56. The average molecular weight is 765 g/mol. The second-order valence-corrected chi connectivity index (χ2v) is 17.9. The van der Waals surface area contributed by atoms with Crippen LogP contribution in [0.15, 0.2) is 30.9 Å². The molecule has 0 radical (unpaired) electrons. The first-order valence-corrected chi connectivity index (χ1v) is 18.7. The Bertz CT molecular complexity index is 1820. The van der Waals surface area contributed by atoms with Gasteiger partial charge in [-0.15, -0.1) is 16.8 Å². The van der Waals surface area contributed by atoms with Crippen LogP contribution in [0.1, 0.15) is 73.3 Å². The van der Waals surface area contributed by atoms with Crippen LogP contribution in [0.3, 0.4) is 0 Å². The molecule has 0 saturated heterocycles. The quantitative estimate of drug-likeness (QED) is 0.252. The molecule has 0 spiro atoms. The summed E-state index contributed by atoms with van der Waals surface area (Å²) in [7, 11) is -0.135. The monoisotopic (exact) mass is 764 g/mol. The highest BCUT2D eigenvalue weighted by molar-refractivity contribution is 7.87. The number of rotatable bonds is 13. The van der Waals surface area contributed by atoms with Crippen molar-refractivity contribution in [1.82, 2.24) is 39.9 Å². The Hall–Kier alpha value is -4.09. The Morgan fingerprint density at radius 3 is 2.35 bits per heavy atom. The number of nitrogens with zero attached hydrogens (tertiary/aromatic N) is 5. The zero-order valence-electron chi connectivity index (χ0n) is 31.0. The minimum absolute atomic E-state index is 0.0739. The van der Waals surface area contributed by atoms with Gasteiger partial charge in [-0.05, 0) is 81.2 Å². The van der Waals surface area contributed by atoms with Crippen molar-refractivity contribution in [3.8, 4) is 17.1 Å². The highest BCUT2D eigenvalue weighted by Crippen LogP contribution is 2.48. The van der Waals surface area contributed by atoms with Crippen LogP contribution in [0.2, 0.25) is 5.02 Å². The van der Waals surface area contributed by atoms with E-state index in [0.717, 1.165) is 4.31 Å². The number of methoxy groups -OCH3 is 1. The topological polar surface area (TPSA) is 204 Å². The molecule has 18 heteroatoms. The van der Waals surface area contributed by atoms with Gasteiger partial charge in [0.15, 0.2) is 5.78 Å². The van der Waals surface area contributed by atoms with E-state index in [1.165, 1.54) is 26.0 Å². The van der Waals surface area contributed by atoms with Crippen molar-refractivity contribution in [2.45, 2.75) is 90.4 Å². The number of allylic oxidation sites excluding steroid dienone is 1. The van der Waals surface area contributed by atoms with Gasteiger partial charge in [0.25, 0.3) is 5.91 Å². The second-order valence-electron chi connectivity index (χ2n) is 15.6. The molecule has 2 unspecified atom stereocenters. The molecule has 0 bridgehead atoms. The standard InChI is InChI=1S/C34H49ClN8O8S/c1-11-12-20-18-34(20,30(46)40-52(48,49)42(8)9)37-29(45)23-17-21(43-39-28(38-41-43)19-13-14-25(50-10)24(35)15-19)16-22(23)26(44)27(32(2,3)4)36-31(47)51-33(5,6)7/h11,13-15,20-23,27H,1,12,16-18H2,2-10H3,(H,36,47)(H,37,45)(H,40,46)/t20-,21+,22?,23-,27?,34+/m1/s1. The maximum Gasteiger partial charge on any atom is 0.408 e. The zero-order valence-corrected chi connectivity index (χ0v) is 32.6. The molecule has 2 fully saturated rings. The van der Waals surface area contributed by atoms with Gasteiger partial charge in [0.2, 0.25) is 11.7 Å². The lowest BCUT2D eigenvalue weighted by molar-refractivity contribution is -0.137. The van der Waals surface area contributed by atoms with Crippen LogP contribution >= 0.6 is 11.6 Å². The van der Waals surface area contributed by atoms with E-state index in [2.05, 4.69) is 37.3 Å². The Kier molecular flexibility index (Phi) is 11.8. The summed E-state index contributed by atoms with van der Waals surface area (Å²) in [6, 6.07) is 3.35. The molecule has 2 saturated carbocycles. The van der Waals surface area contributed by atoms with Crippen LogP contribution < -0.4 is 20.1 Å². The summed E-state index contributed by atoms with van der Waals surface area (Å²) >= 11 is 6.32. The molecule has 4 rings (SSSR count). The van der Waals surface area contributed by atoms with Gasteiger partial charge in [-0.2, -0.15) is 17.5 Å². The van der Waals surface area contributed by atoms with E-state index in [1.54, 1.807) is 65.8 Å². The number of Topliss-reactive ketones (excluding diaryl/α,β-unsaturated/α-hetero) is 1. The van der Waals surface area contributed by atoms with Gasteiger partial charge in [0, 0.05) is 31.5 Å². The van der Waals surface area contributed by atoms with E-state index in [-0.39, 0.29) is 25.1 Å². The van der Waals surface area contributed by atoms with E-state index in [9.17, 15) is 27.6 Å². The smallest absolute Gasteiger partial charge is 0.408 e. The first-order valence-electron chi connectivity index (χ1n) is 16.9. The van der Waals surface area contributed by atoms with Gasteiger partial charge in [-0.1, -0.05) is 38.4 Å². The van der Waals surface area contributed by atoms with E-state index in [4.69, 9.17) is 21.1 Å². The average Bonchev–Trinajstić information content (AvgIpc) is 3.35. The SMILES string of the molecule is C=CC[C@@H]1C[C@@]1(NC(=O)[C@@H]1C[C@@H](n2nnc(-c3ccc(OC)c(Cl)c3)n2)CC1C(=O)C(NC(=O)OC(C)(C)C)C(C)(C)C)C(=O)NS(=O)(=O)N(C)C. The summed E-state index contributed by atoms with van der Waals surface area (Å²) in [5, 5.41) is 18.9. The zero-order chi connectivity index (χ0) is 39.0. The maximum atomic E-state index is 14.5. The molecule has 6 atom stereocenters. The van der Waals surface area contributed by atoms with Crippen molar-refractivity contribution in [3.63, 3.8) is 0 Å². The number of carbonyl (C=O) groups excluding carboxylic acids is 4. The van der Waals surface area contributed by atoms with Crippen molar-refractivity contribution < 1.29 is 37.1 Å². The number of carbonyl (C=O) groups is 4. The number of alkyl carbamates (subject to hydrolysis) is 1. The molecular weight excluding hydrogens is 716 g/mol. The number of halogens is 1. The lowest BCUT2D eigenvalue weighted by Gasteiger charge is -2.34. The molecule has 1 aromatic carbocycles. The lowest BCUT2D eigenvalue weighted by atomic mass is 9.77. The van der Waals surface area contributed by atoms with Crippen molar-refractivity contribution in [3.05, 3.63) is 35.9 Å². The molecule has 3 N–H and O–H groups in total. The number of benzene rings is 1. The molecule has 3 amide bonds. The van der Waals surface area contributed by atoms with Crippen molar-refractivity contribution in [2.24, 2.45) is 23.2 Å². The van der Waals surface area contributed by atoms with Crippen molar-refractivity contribution in [1.29, 1.82) is 0 Å². The van der Waals surface area contributed by atoms with Crippen LogP contribution in [0.4, 0.5) is 4.79 Å². The van der Waals surface area contributed by atoms with Crippen molar-refractivity contribution >= 4 is 45.5 Å². The second kappa shape index (κ2) is 15.1. The minimum Gasteiger partial charge on any atom is -0.495 e. The Balaban J connectivity index is 1.69. The third-order valence-electron chi connectivity index (χ3n) is 9.23. The largest absolute Gasteiger partial charge is 0.495 e. The minimum atomic E-state index is -4.17. The van der Waals surface area contributed by atoms with Gasteiger partial charge < -0.3 is 20.1 Å². The summed E-state index contributed by atoms with van der Waals surface area (Å²) < 4.78 is 38.8. The summed E-state index contributed by atoms with van der Waals surface area (Å²) in [6.45, 7) is 14.2. The molecular formula is C34H49ClN8O8S.